The molecule has 1 fully saturated rings. The maximum atomic E-state index is 10.5. The van der Waals surface area contributed by atoms with Gasteiger partial charge in [0.25, 0.3) is 0 Å². The fourth-order valence-corrected chi connectivity index (χ4v) is 1.16. The minimum absolute atomic E-state index is 0.504. The maximum Gasteiger partial charge on any atom is 0.170 e. The lowest BCUT2D eigenvalue weighted by atomic mass is 10.2. The number of aromatic nitrogens is 3. The summed E-state index contributed by atoms with van der Waals surface area (Å²) in [6, 6.07) is 0. The zero-order chi connectivity index (χ0) is 7.84. The Labute approximate surface area is 64.2 Å². The molecule has 0 spiro atoms. The second-order valence-electron chi connectivity index (χ2n) is 2.88. The maximum absolute atomic E-state index is 10.5. The molecule has 1 aromatic heterocycles. The molecule has 1 aromatic rings. The summed E-state index contributed by atoms with van der Waals surface area (Å²) < 4.78 is 1.53. The van der Waals surface area contributed by atoms with Gasteiger partial charge in [0, 0.05) is 13.0 Å². The van der Waals surface area contributed by atoms with E-state index in [1.165, 1.54) is 4.68 Å². The van der Waals surface area contributed by atoms with Crippen molar-refractivity contribution in [3.63, 3.8) is 0 Å². The molecule has 2 rings (SSSR count). The number of aldehydes is 1. The predicted molar refractivity (Wildman–Crippen MR) is 38.4 cm³/mol. The van der Waals surface area contributed by atoms with Crippen LogP contribution in [0.3, 0.4) is 0 Å². The van der Waals surface area contributed by atoms with Crippen molar-refractivity contribution in [1.82, 2.24) is 15.0 Å². The molecule has 0 aliphatic heterocycles. The largest absolute Gasteiger partial charge is 0.296 e. The molecule has 0 bridgehead atoms. The lowest BCUT2D eigenvalue weighted by Gasteiger charge is -1.91. The van der Waals surface area contributed by atoms with Gasteiger partial charge in [-0.15, -0.1) is 5.10 Å². The number of aryl methyl sites for hydroxylation is 1. The Bertz CT molecular complexity index is 288. The van der Waals surface area contributed by atoms with Crippen LogP contribution in [0.4, 0.5) is 0 Å². The van der Waals surface area contributed by atoms with Gasteiger partial charge in [-0.2, -0.15) is 0 Å². The standard InChI is InChI=1S/C7H9N3O/c1-10-6(4-11)7(8-9-10)5-2-3-5/h4-5H,2-3H2,1H3. The third-order valence-corrected chi connectivity index (χ3v) is 1.97. The molecule has 0 saturated heterocycles. The van der Waals surface area contributed by atoms with E-state index in [0.29, 0.717) is 11.6 Å². The average Bonchev–Trinajstić information content (AvgIpc) is 2.76. The van der Waals surface area contributed by atoms with E-state index >= 15 is 0 Å². The van der Waals surface area contributed by atoms with Gasteiger partial charge in [-0.05, 0) is 12.8 Å². The van der Waals surface area contributed by atoms with Gasteiger partial charge < -0.3 is 0 Å². The molecular weight excluding hydrogens is 142 g/mol. The zero-order valence-electron chi connectivity index (χ0n) is 6.32. The number of nitrogens with zero attached hydrogens (tertiary/aromatic N) is 3. The van der Waals surface area contributed by atoms with Crippen LogP contribution in [-0.4, -0.2) is 21.3 Å². The highest BCUT2D eigenvalue weighted by Gasteiger charge is 2.29. The summed E-state index contributed by atoms with van der Waals surface area (Å²) in [6.07, 6.45) is 3.13. The highest BCUT2D eigenvalue weighted by molar-refractivity contribution is 5.74. The molecule has 1 aliphatic carbocycles. The summed E-state index contributed by atoms with van der Waals surface area (Å²) in [5.74, 6) is 0.504. The summed E-state index contributed by atoms with van der Waals surface area (Å²) in [5.41, 5.74) is 1.51. The Morgan fingerprint density at radius 3 is 2.91 bits per heavy atom. The van der Waals surface area contributed by atoms with E-state index < -0.39 is 0 Å². The van der Waals surface area contributed by atoms with E-state index in [2.05, 4.69) is 10.3 Å². The van der Waals surface area contributed by atoms with Crippen molar-refractivity contribution in [1.29, 1.82) is 0 Å². The summed E-state index contributed by atoms with van der Waals surface area (Å²) in [7, 11) is 1.74. The van der Waals surface area contributed by atoms with Gasteiger partial charge in [-0.25, -0.2) is 4.68 Å². The molecular formula is C7H9N3O. The highest BCUT2D eigenvalue weighted by Crippen LogP contribution is 2.39. The number of hydrogen-bond donors (Lipinski definition) is 0. The summed E-state index contributed by atoms with van der Waals surface area (Å²) in [5, 5.41) is 7.71. The number of carbonyl (C=O) groups excluding carboxylic acids is 1. The fraction of sp³-hybridized carbons (Fsp3) is 0.571. The van der Waals surface area contributed by atoms with Gasteiger partial charge in [0.2, 0.25) is 0 Å². The number of rotatable bonds is 2. The topological polar surface area (TPSA) is 47.8 Å². The third-order valence-electron chi connectivity index (χ3n) is 1.97. The molecule has 1 aliphatic rings. The molecule has 1 heterocycles. The highest BCUT2D eigenvalue weighted by atomic mass is 16.1. The quantitative estimate of drug-likeness (QED) is 0.578. The van der Waals surface area contributed by atoms with Crippen LogP contribution in [0.1, 0.15) is 34.9 Å². The van der Waals surface area contributed by atoms with Crippen LogP contribution < -0.4 is 0 Å². The van der Waals surface area contributed by atoms with Gasteiger partial charge in [-0.1, -0.05) is 5.21 Å². The molecule has 58 valence electrons. The van der Waals surface area contributed by atoms with Gasteiger partial charge in [0.15, 0.2) is 6.29 Å². The molecule has 4 heteroatoms. The lowest BCUT2D eigenvalue weighted by Crippen LogP contribution is -1.97. The Kier molecular flexibility index (Phi) is 1.27. The van der Waals surface area contributed by atoms with Gasteiger partial charge in [-0.3, -0.25) is 4.79 Å². The van der Waals surface area contributed by atoms with E-state index in [1.54, 1.807) is 7.05 Å². The van der Waals surface area contributed by atoms with Crippen molar-refractivity contribution >= 4 is 6.29 Å². The Morgan fingerprint density at radius 1 is 1.64 bits per heavy atom. The molecule has 11 heavy (non-hydrogen) atoms. The van der Waals surface area contributed by atoms with Crippen molar-refractivity contribution < 1.29 is 4.79 Å². The van der Waals surface area contributed by atoms with Crippen LogP contribution >= 0.6 is 0 Å². The van der Waals surface area contributed by atoms with E-state index in [4.69, 9.17) is 0 Å². The molecule has 0 amide bonds. The summed E-state index contributed by atoms with van der Waals surface area (Å²) >= 11 is 0. The lowest BCUT2D eigenvalue weighted by molar-refractivity contribution is 0.111. The van der Waals surface area contributed by atoms with Gasteiger partial charge in [0.1, 0.15) is 5.69 Å². The smallest absolute Gasteiger partial charge is 0.170 e. The van der Waals surface area contributed by atoms with Crippen molar-refractivity contribution in [2.45, 2.75) is 18.8 Å². The van der Waals surface area contributed by atoms with E-state index in [0.717, 1.165) is 24.8 Å². The molecule has 0 radical (unpaired) electrons. The summed E-state index contributed by atoms with van der Waals surface area (Å²) in [4.78, 5) is 10.5. The molecule has 4 nitrogen and oxygen atoms in total. The minimum atomic E-state index is 0.504. The van der Waals surface area contributed by atoms with Crippen molar-refractivity contribution in [2.24, 2.45) is 7.05 Å². The first-order valence-electron chi connectivity index (χ1n) is 3.67. The fourth-order valence-electron chi connectivity index (χ4n) is 1.16. The average molecular weight is 151 g/mol. The monoisotopic (exact) mass is 151 g/mol. The summed E-state index contributed by atoms with van der Waals surface area (Å²) in [6.45, 7) is 0. The van der Waals surface area contributed by atoms with E-state index in [1.807, 2.05) is 0 Å². The van der Waals surface area contributed by atoms with Crippen molar-refractivity contribution in [3.8, 4) is 0 Å². The van der Waals surface area contributed by atoms with Crippen LogP contribution in [0.25, 0.3) is 0 Å². The molecule has 1 saturated carbocycles. The van der Waals surface area contributed by atoms with Crippen molar-refractivity contribution in [2.75, 3.05) is 0 Å². The SMILES string of the molecule is Cn1nnc(C2CC2)c1C=O. The Hall–Kier alpha value is -1.19. The van der Waals surface area contributed by atoms with Crippen LogP contribution in [0.2, 0.25) is 0 Å². The second-order valence-corrected chi connectivity index (χ2v) is 2.88. The first-order valence-corrected chi connectivity index (χ1v) is 3.67. The van der Waals surface area contributed by atoms with Crippen LogP contribution in [0.15, 0.2) is 0 Å². The minimum Gasteiger partial charge on any atom is -0.296 e. The van der Waals surface area contributed by atoms with Crippen molar-refractivity contribution in [3.05, 3.63) is 11.4 Å². The van der Waals surface area contributed by atoms with E-state index in [9.17, 15) is 4.79 Å². The first-order chi connectivity index (χ1) is 5.33. The Morgan fingerprint density at radius 2 is 2.36 bits per heavy atom. The van der Waals surface area contributed by atoms with E-state index in [-0.39, 0.29) is 0 Å². The first kappa shape index (κ1) is 6.52. The molecule has 0 atom stereocenters. The second kappa shape index (κ2) is 2.15. The molecule has 0 aromatic carbocycles. The normalized spacial score (nSPS) is 16.8. The van der Waals surface area contributed by atoms with Crippen LogP contribution in [-0.2, 0) is 7.05 Å². The Balaban J connectivity index is 2.44. The molecule has 0 N–H and O–H groups in total. The zero-order valence-corrected chi connectivity index (χ0v) is 6.32. The van der Waals surface area contributed by atoms with Gasteiger partial charge in [0.05, 0.1) is 5.69 Å². The third kappa shape index (κ3) is 0.943. The number of carbonyl (C=O) groups is 1. The predicted octanol–water partition coefficient (Wildman–Crippen LogP) is 0.505. The number of hydrogen-bond acceptors (Lipinski definition) is 3. The molecule has 0 unspecified atom stereocenters. The van der Waals surface area contributed by atoms with Gasteiger partial charge >= 0.3 is 0 Å². The van der Waals surface area contributed by atoms with Crippen LogP contribution in [0, 0.1) is 0 Å². The van der Waals surface area contributed by atoms with Crippen LogP contribution in [0.5, 0.6) is 0 Å².